The quantitative estimate of drug-likeness (QED) is 0.767. The molecular weight excluding hydrogens is 322 g/mol. The minimum atomic E-state index is -3.31. The van der Waals surface area contributed by atoms with Crippen LogP contribution in [0.3, 0.4) is 0 Å². The van der Waals surface area contributed by atoms with Crippen molar-refractivity contribution >= 4 is 21.4 Å². The Balaban J connectivity index is 2.46. The van der Waals surface area contributed by atoms with Gasteiger partial charge in [-0.05, 0) is 18.2 Å². The molecule has 7 nitrogen and oxygen atoms in total. The van der Waals surface area contributed by atoms with Crippen molar-refractivity contribution in [3.8, 4) is 11.5 Å². The van der Waals surface area contributed by atoms with Crippen LogP contribution in [0.4, 0.5) is 5.69 Å². The van der Waals surface area contributed by atoms with E-state index in [-0.39, 0.29) is 18.3 Å². The Morgan fingerprint density at radius 1 is 1.26 bits per heavy atom. The van der Waals surface area contributed by atoms with Gasteiger partial charge in [-0.25, -0.2) is 8.42 Å². The third-order valence-electron chi connectivity index (χ3n) is 3.43. The van der Waals surface area contributed by atoms with E-state index in [0.29, 0.717) is 17.2 Å². The van der Waals surface area contributed by atoms with Crippen LogP contribution in [0.15, 0.2) is 29.7 Å². The van der Waals surface area contributed by atoms with Gasteiger partial charge in [0, 0.05) is 18.6 Å². The van der Waals surface area contributed by atoms with E-state index in [0.717, 1.165) is 5.41 Å². The van der Waals surface area contributed by atoms with Gasteiger partial charge in [-0.15, -0.1) is 0 Å². The molecule has 0 aliphatic carbocycles. The molecule has 0 bridgehead atoms. The highest BCUT2D eigenvalue weighted by Crippen LogP contribution is 2.35. The number of methoxy groups -OCH3 is 3. The standard InChI is InChI=1S/C15H19NO6S/c1-20-9-15(17)16(11-6-7-23(18,19)10-11)13-5-4-12(21-2)8-14(13)22-3/h4-8,11H,9-10H2,1-3H3/t11-/m1/s1. The first-order valence-corrected chi connectivity index (χ1v) is 8.57. The normalized spacial score (nSPS) is 18.7. The van der Waals surface area contributed by atoms with Crippen LogP contribution < -0.4 is 14.4 Å². The SMILES string of the molecule is COCC(=O)N(c1ccc(OC)cc1OC)[C@@H]1C=CS(=O)(=O)C1. The number of benzene rings is 1. The largest absolute Gasteiger partial charge is 0.497 e. The monoisotopic (exact) mass is 341 g/mol. The smallest absolute Gasteiger partial charge is 0.253 e. The van der Waals surface area contributed by atoms with Crippen molar-refractivity contribution in [1.29, 1.82) is 0 Å². The average molecular weight is 341 g/mol. The van der Waals surface area contributed by atoms with Gasteiger partial charge in [0.1, 0.15) is 18.1 Å². The lowest BCUT2D eigenvalue weighted by molar-refractivity contribution is -0.122. The molecule has 0 radical (unpaired) electrons. The van der Waals surface area contributed by atoms with Crippen molar-refractivity contribution in [1.82, 2.24) is 0 Å². The van der Waals surface area contributed by atoms with Gasteiger partial charge in [-0.1, -0.05) is 0 Å². The summed E-state index contributed by atoms with van der Waals surface area (Å²) in [5, 5.41) is 1.13. The summed E-state index contributed by atoms with van der Waals surface area (Å²) in [6.07, 6.45) is 1.49. The van der Waals surface area contributed by atoms with Crippen LogP contribution in [0, 0.1) is 0 Å². The molecule has 23 heavy (non-hydrogen) atoms. The maximum Gasteiger partial charge on any atom is 0.253 e. The van der Waals surface area contributed by atoms with E-state index >= 15 is 0 Å². The summed E-state index contributed by atoms with van der Waals surface area (Å²) < 4.78 is 38.8. The summed E-state index contributed by atoms with van der Waals surface area (Å²) in [7, 11) is 1.09. The number of amides is 1. The molecule has 1 heterocycles. The summed E-state index contributed by atoms with van der Waals surface area (Å²) in [5.41, 5.74) is 0.460. The summed E-state index contributed by atoms with van der Waals surface area (Å²) in [6.45, 7) is -0.167. The Bertz CT molecular complexity index is 713. The van der Waals surface area contributed by atoms with Gasteiger partial charge < -0.3 is 14.2 Å². The predicted octanol–water partition coefficient (Wildman–Crippen LogP) is 0.994. The molecule has 1 atom stereocenters. The molecule has 1 aromatic rings. The molecule has 8 heteroatoms. The molecule has 1 aromatic carbocycles. The van der Waals surface area contributed by atoms with Crippen molar-refractivity contribution in [2.45, 2.75) is 6.04 Å². The first-order valence-electron chi connectivity index (χ1n) is 6.86. The predicted molar refractivity (Wildman–Crippen MR) is 85.6 cm³/mol. The Hall–Kier alpha value is -2.06. The lowest BCUT2D eigenvalue weighted by atomic mass is 10.2. The number of carbonyl (C=O) groups excluding carboxylic acids is 1. The molecule has 0 N–H and O–H groups in total. The number of anilines is 1. The molecule has 0 saturated carbocycles. The van der Waals surface area contributed by atoms with Crippen molar-refractivity contribution in [3.05, 3.63) is 29.7 Å². The van der Waals surface area contributed by atoms with Crippen molar-refractivity contribution < 1.29 is 27.4 Å². The minimum absolute atomic E-state index is 0.167. The molecule has 0 saturated heterocycles. The number of sulfone groups is 1. The zero-order valence-electron chi connectivity index (χ0n) is 13.2. The van der Waals surface area contributed by atoms with E-state index in [2.05, 4.69) is 0 Å². The fourth-order valence-electron chi connectivity index (χ4n) is 2.40. The molecule has 126 valence electrons. The van der Waals surface area contributed by atoms with Gasteiger partial charge >= 0.3 is 0 Å². The summed E-state index contributed by atoms with van der Waals surface area (Å²) in [4.78, 5) is 13.8. The summed E-state index contributed by atoms with van der Waals surface area (Å²) >= 11 is 0. The Kier molecular flexibility index (Phi) is 5.27. The summed E-state index contributed by atoms with van der Waals surface area (Å²) in [5.74, 6) is 0.450. The van der Waals surface area contributed by atoms with E-state index in [1.54, 1.807) is 18.2 Å². The van der Waals surface area contributed by atoms with Crippen molar-refractivity contribution in [3.63, 3.8) is 0 Å². The number of hydrogen-bond donors (Lipinski definition) is 0. The minimum Gasteiger partial charge on any atom is -0.497 e. The van der Waals surface area contributed by atoms with Gasteiger partial charge in [0.25, 0.3) is 5.91 Å². The van der Waals surface area contributed by atoms with Crippen molar-refractivity contribution in [2.75, 3.05) is 38.6 Å². The molecule has 0 spiro atoms. The maximum atomic E-state index is 12.4. The van der Waals surface area contributed by atoms with Gasteiger partial charge in [0.2, 0.25) is 0 Å². The molecule has 1 aliphatic heterocycles. The van der Waals surface area contributed by atoms with E-state index in [4.69, 9.17) is 14.2 Å². The Labute approximate surface area is 135 Å². The average Bonchev–Trinajstić information content (AvgIpc) is 2.87. The Morgan fingerprint density at radius 2 is 2.00 bits per heavy atom. The van der Waals surface area contributed by atoms with Crippen LogP contribution >= 0.6 is 0 Å². The fraction of sp³-hybridized carbons (Fsp3) is 0.400. The molecular formula is C15H19NO6S. The van der Waals surface area contributed by atoms with Crippen LogP contribution in [0.2, 0.25) is 0 Å². The second-order valence-corrected chi connectivity index (χ2v) is 6.89. The molecule has 1 aliphatic rings. The molecule has 1 amide bonds. The van der Waals surface area contributed by atoms with Crippen LogP contribution in [-0.4, -0.2) is 54.1 Å². The number of hydrogen-bond acceptors (Lipinski definition) is 6. The topological polar surface area (TPSA) is 82.1 Å². The molecule has 2 rings (SSSR count). The third kappa shape index (κ3) is 3.83. The molecule has 0 fully saturated rings. The van der Waals surface area contributed by atoms with E-state index in [1.807, 2.05) is 0 Å². The van der Waals surface area contributed by atoms with Crippen LogP contribution in [0.25, 0.3) is 0 Å². The Morgan fingerprint density at radius 3 is 2.52 bits per heavy atom. The number of rotatable bonds is 6. The fourth-order valence-corrected chi connectivity index (χ4v) is 3.66. The molecule has 0 aromatic heterocycles. The van der Waals surface area contributed by atoms with E-state index < -0.39 is 15.9 Å². The highest BCUT2D eigenvalue weighted by atomic mass is 32.2. The highest BCUT2D eigenvalue weighted by molar-refractivity contribution is 7.94. The number of nitrogens with zero attached hydrogens (tertiary/aromatic N) is 1. The van der Waals surface area contributed by atoms with Gasteiger partial charge in [0.05, 0.1) is 31.7 Å². The van der Waals surface area contributed by atoms with Gasteiger partial charge in [-0.2, -0.15) is 0 Å². The number of carbonyl (C=O) groups is 1. The van der Waals surface area contributed by atoms with Crippen LogP contribution in [0.5, 0.6) is 11.5 Å². The highest BCUT2D eigenvalue weighted by Gasteiger charge is 2.32. The lowest BCUT2D eigenvalue weighted by Crippen LogP contribution is -2.43. The lowest BCUT2D eigenvalue weighted by Gasteiger charge is -2.29. The first kappa shape index (κ1) is 17.3. The van der Waals surface area contributed by atoms with Crippen LogP contribution in [0.1, 0.15) is 0 Å². The van der Waals surface area contributed by atoms with E-state index in [9.17, 15) is 13.2 Å². The first-order chi connectivity index (χ1) is 10.9. The van der Waals surface area contributed by atoms with Gasteiger partial charge in [0.15, 0.2) is 9.84 Å². The van der Waals surface area contributed by atoms with Crippen molar-refractivity contribution in [2.24, 2.45) is 0 Å². The number of ether oxygens (including phenoxy) is 3. The zero-order chi connectivity index (χ0) is 17.0. The summed E-state index contributed by atoms with van der Waals surface area (Å²) in [6, 6.07) is 4.36. The van der Waals surface area contributed by atoms with Gasteiger partial charge in [-0.3, -0.25) is 9.69 Å². The second kappa shape index (κ2) is 7.01. The van der Waals surface area contributed by atoms with Crippen LogP contribution in [-0.2, 0) is 19.4 Å². The molecule has 0 unspecified atom stereocenters. The maximum absolute atomic E-state index is 12.4. The zero-order valence-corrected chi connectivity index (χ0v) is 14.0. The van der Waals surface area contributed by atoms with E-state index in [1.165, 1.54) is 32.3 Å². The second-order valence-electron chi connectivity index (χ2n) is 4.96. The third-order valence-corrected chi connectivity index (χ3v) is 4.80.